The van der Waals surface area contributed by atoms with Gasteiger partial charge in [-0.2, -0.15) is 0 Å². The molecule has 1 aromatic heterocycles. The predicted molar refractivity (Wildman–Crippen MR) is 72.1 cm³/mol. The van der Waals surface area contributed by atoms with Crippen molar-refractivity contribution >= 4 is 50.2 Å². The third-order valence-electron chi connectivity index (χ3n) is 1.80. The van der Waals surface area contributed by atoms with E-state index in [9.17, 15) is 4.39 Å². The van der Waals surface area contributed by atoms with Crippen LogP contribution in [-0.4, -0.2) is 9.97 Å². The maximum atomic E-state index is 12.9. The second-order valence-electron chi connectivity index (χ2n) is 2.97. The summed E-state index contributed by atoms with van der Waals surface area (Å²) in [7, 11) is 0. The zero-order valence-corrected chi connectivity index (χ0v) is 11.7. The summed E-state index contributed by atoms with van der Waals surface area (Å²) < 4.78 is 14.5. The van der Waals surface area contributed by atoms with Gasteiger partial charge in [-0.05, 0) is 56.7 Å². The summed E-state index contributed by atoms with van der Waals surface area (Å²) in [4.78, 5) is 8.14. The van der Waals surface area contributed by atoms with Crippen LogP contribution in [0.4, 0.5) is 16.0 Å². The molecular weight excluding hydrogens is 388 g/mol. The number of halogens is 3. The van der Waals surface area contributed by atoms with Gasteiger partial charge in [-0.25, -0.2) is 14.4 Å². The SMILES string of the molecule is Fc1ccc(Nc2ncc(Br)cn2)c(I)c1. The first kappa shape index (κ1) is 11.7. The molecule has 3 nitrogen and oxygen atoms in total. The molecule has 0 bridgehead atoms. The Morgan fingerprint density at radius 2 is 1.94 bits per heavy atom. The fourth-order valence-corrected chi connectivity index (χ4v) is 1.91. The van der Waals surface area contributed by atoms with Crippen molar-refractivity contribution < 1.29 is 4.39 Å². The van der Waals surface area contributed by atoms with Crippen LogP contribution in [0, 0.1) is 9.39 Å². The Morgan fingerprint density at radius 3 is 2.56 bits per heavy atom. The monoisotopic (exact) mass is 393 g/mol. The summed E-state index contributed by atoms with van der Waals surface area (Å²) in [6, 6.07) is 4.49. The maximum Gasteiger partial charge on any atom is 0.227 e. The van der Waals surface area contributed by atoms with Crippen molar-refractivity contribution in [2.24, 2.45) is 0 Å². The van der Waals surface area contributed by atoms with Crippen LogP contribution in [0.3, 0.4) is 0 Å². The molecule has 1 heterocycles. The first-order chi connectivity index (χ1) is 7.65. The van der Waals surface area contributed by atoms with E-state index >= 15 is 0 Å². The molecule has 2 rings (SSSR count). The molecule has 0 atom stereocenters. The van der Waals surface area contributed by atoms with E-state index in [1.807, 2.05) is 0 Å². The fraction of sp³-hybridized carbons (Fsp3) is 0. The molecule has 1 aromatic carbocycles. The second kappa shape index (κ2) is 5.05. The van der Waals surface area contributed by atoms with Crippen molar-refractivity contribution in [2.45, 2.75) is 0 Å². The Labute approximate surface area is 114 Å². The quantitative estimate of drug-likeness (QED) is 0.790. The third kappa shape index (κ3) is 2.88. The summed E-state index contributed by atoms with van der Waals surface area (Å²) >= 11 is 5.30. The Bertz CT molecular complexity index is 504. The molecular formula is C10H6BrFIN3. The van der Waals surface area contributed by atoms with Gasteiger partial charge < -0.3 is 5.32 Å². The molecule has 0 radical (unpaired) electrons. The lowest BCUT2D eigenvalue weighted by Gasteiger charge is -2.06. The largest absolute Gasteiger partial charge is 0.323 e. The molecule has 6 heteroatoms. The summed E-state index contributed by atoms with van der Waals surface area (Å²) in [5, 5.41) is 3.01. The lowest BCUT2D eigenvalue weighted by molar-refractivity contribution is 0.627. The Hall–Kier alpha value is -0.760. The Morgan fingerprint density at radius 1 is 1.25 bits per heavy atom. The van der Waals surface area contributed by atoms with E-state index in [0.29, 0.717) is 5.95 Å². The van der Waals surface area contributed by atoms with E-state index in [2.05, 4.69) is 53.8 Å². The molecule has 0 amide bonds. The minimum atomic E-state index is -0.258. The summed E-state index contributed by atoms with van der Waals surface area (Å²) in [6.07, 6.45) is 3.29. The van der Waals surface area contributed by atoms with Gasteiger partial charge in [0.15, 0.2) is 0 Å². The lowest BCUT2D eigenvalue weighted by Crippen LogP contribution is -1.98. The van der Waals surface area contributed by atoms with E-state index in [1.165, 1.54) is 12.1 Å². The van der Waals surface area contributed by atoms with Gasteiger partial charge in [0.25, 0.3) is 0 Å². The Kier molecular flexibility index (Phi) is 3.70. The normalized spacial score (nSPS) is 10.2. The molecule has 16 heavy (non-hydrogen) atoms. The summed E-state index contributed by atoms with van der Waals surface area (Å²) in [6.45, 7) is 0. The first-order valence-corrected chi connectivity index (χ1v) is 6.22. The van der Waals surface area contributed by atoms with Gasteiger partial charge in [-0.3, -0.25) is 0 Å². The zero-order chi connectivity index (χ0) is 11.5. The molecule has 0 saturated heterocycles. The number of rotatable bonds is 2. The topological polar surface area (TPSA) is 37.8 Å². The van der Waals surface area contributed by atoms with Gasteiger partial charge in [0.1, 0.15) is 5.82 Å². The molecule has 0 fully saturated rings. The van der Waals surface area contributed by atoms with Crippen LogP contribution in [-0.2, 0) is 0 Å². The molecule has 0 saturated carbocycles. The Balaban J connectivity index is 2.23. The molecule has 0 aliphatic heterocycles. The van der Waals surface area contributed by atoms with Crippen molar-refractivity contribution in [1.82, 2.24) is 9.97 Å². The van der Waals surface area contributed by atoms with E-state index < -0.39 is 0 Å². The van der Waals surface area contributed by atoms with Crippen molar-refractivity contribution in [2.75, 3.05) is 5.32 Å². The zero-order valence-electron chi connectivity index (χ0n) is 7.92. The van der Waals surface area contributed by atoms with E-state index in [1.54, 1.807) is 18.5 Å². The fourth-order valence-electron chi connectivity index (χ4n) is 1.09. The number of benzene rings is 1. The highest BCUT2D eigenvalue weighted by Gasteiger charge is 2.03. The van der Waals surface area contributed by atoms with Crippen LogP contribution in [0.15, 0.2) is 35.1 Å². The van der Waals surface area contributed by atoms with E-state index in [4.69, 9.17) is 0 Å². The van der Waals surface area contributed by atoms with Crippen molar-refractivity contribution in [1.29, 1.82) is 0 Å². The lowest BCUT2D eigenvalue weighted by atomic mass is 10.3. The summed E-state index contributed by atoms with van der Waals surface area (Å²) in [5.74, 6) is 0.222. The molecule has 1 N–H and O–H groups in total. The smallest absolute Gasteiger partial charge is 0.227 e. The second-order valence-corrected chi connectivity index (χ2v) is 5.05. The first-order valence-electron chi connectivity index (χ1n) is 4.35. The molecule has 0 aliphatic rings. The molecule has 2 aromatic rings. The summed E-state index contributed by atoms with van der Waals surface area (Å²) in [5.41, 5.74) is 0.782. The molecule has 82 valence electrons. The van der Waals surface area contributed by atoms with Crippen molar-refractivity contribution in [3.05, 3.63) is 44.5 Å². The van der Waals surface area contributed by atoms with Crippen LogP contribution >= 0.6 is 38.5 Å². The van der Waals surface area contributed by atoms with Crippen LogP contribution in [0.5, 0.6) is 0 Å². The van der Waals surface area contributed by atoms with Crippen LogP contribution in [0.2, 0.25) is 0 Å². The van der Waals surface area contributed by atoms with Gasteiger partial charge in [0, 0.05) is 16.0 Å². The average molecular weight is 394 g/mol. The number of nitrogens with zero attached hydrogens (tertiary/aromatic N) is 2. The highest BCUT2D eigenvalue weighted by Crippen LogP contribution is 2.21. The van der Waals surface area contributed by atoms with Gasteiger partial charge in [-0.15, -0.1) is 0 Å². The number of hydrogen-bond donors (Lipinski definition) is 1. The van der Waals surface area contributed by atoms with E-state index in [-0.39, 0.29) is 5.82 Å². The third-order valence-corrected chi connectivity index (χ3v) is 3.10. The standard InChI is InChI=1S/C10H6BrFIN3/c11-6-4-14-10(15-5-6)16-9-2-1-7(12)3-8(9)13/h1-5H,(H,14,15,16). The van der Waals surface area contributed by atoms with Gasteiger partial charge in [-0.1, -0.05) is 0 Å². The molecule has 0 aliphatic carbocycles. The molecule has 0 unspecified atom stereocenters. The van der Waals surface area contributed by atoms with Crippen LogP contribution in [0.1, 0.15) is 0 Å². The minimum absolute atomic E-state index is 0.258. The number of nitrogens with one attached hydrogen (secondary N) is 1. The minimum Gasteiger partial charge on any atom is -0.323 e. The number of hydrogen-bond acceptors (Lipinski definition) is 3. The van der Waals surface area contributed by atoms with Gasteiger partial charge in [0.05, 0.1) is 10.2 Å². The average Bonchev–Trinajstić information content (AvgIpc) is 2.25. The maximum absolute atomic E-state index is 12.9. The highest BCUT2D eigenvalue weighted by atomic mass is 127. The van der Waals surface area contributed by atoms with Crippen LogP contribution in [0.25, 0.3) is 0 Å². The van der Waals surface area contributed by atoms with Crippen LogP contribution < -0.4 is 5.32 Å². The van der Waals surface area contributed by atoms with Gasteiger partial charge >= 0.3 is 0 Å². The van der Waals surface area contributed by atoms with E-state index in [0.717, 1.165) is 13.7 Å². The molecule has 0 spiro atoms. The number of anilines is 2. The van der Waals surface area contributed by atoms with Crippen molar-refractivity contribution in [3.63, 3.8) is 0 Å². The van der Waals surface area contributed by atoms with Gasteiger partial charge in [0.2, 0.25) is 5.95 Å². The highest BCUT2D eigenvalue weighted by molar-refractivity contribution is 14.1. The predicted octanol–water partition coefficient (Wildman–Crippen LogP) is 3.73. The number of aromatic nitrogens is 2. The van der Waals surface area contributed by atoms with Crippen molar-refractivity contribution in [3.8, 4) is 0 Å².